The first-order valence-electron chi connectivity index (χ1n) is 4.09. The number of fused-ring (bicyclic) bond motifs is 1. The maximum absolute atomic E-state index is 5.51. The molecule has 12 heavy (non-hydrogen) atoms. The lowest BCUT2D eigenvalue weighted by molar-refractivity contribution is -0.000179. The topological polar surface area (TPSA) is 21.3 Å². The summed E-state index contributed by atoms with van der Waals surface area (Å²) in [7, 11) is 1.77. The molecule has 0 amide bonds. The van der Waals surface area contributed by atoms with Crippen molar-refractivity contribution in [2.75, 3.05) is 13.7 Å². The van der Waals surface area contributed by atoms with Crippen LogP contribution >= 0.6 is 11.3 Å². The highest BCUT2D eigenvalue weighted by Crippen LogP contribution is 2.34. The van der Waals surface area contributed by atoms with Gasteiger partial charge in [0.1, 0.15) is 5.60 Å². The van der Waals surface area contributed by atoms with Crippen LogP contribution in [0.2, 0.25) is 0 Å². The molecule has 1 aliphatic heterocycles. The Morgan fingerprint density at radius 3 is 3.25 bits per heavy atom. The Hall–Kier alpha value is -0.380. The Morgan fingerprint density at radius 2 is 2.50 bits per heavy atom. The fourth-order valence-corrected chi connectivity index (χ4v) is 2.68. The summed E-state index contributed by atoms with van der Waals surface area (Å²) in [5.74, 6) is 0. The van der Waals surface area contributed by atoms with Gasteiger partial charge in [0.15, 0.2) is 0 Å². The van der Waals surface area contributed by atoms with Crippen LogP contribution in [0.3, 0.4) is 0 Å². The van der Waals surface area contributed by atoms with Crippen molar-refractivity contribution in [1.29, 1.82) is 0 Å². The summed E-state index contributed by atoms with van der Waals surface area (Å²) in [5.41, 5.74) is 1.28. The summed E-state index contributed by atoms with van der Waals surface area (Å²) >= 11 is 1.79. The molecule has 0 saturated carbocycles. The average molecular weight is 183 g/mol. The highest BCUT2D eigenvalue weighted by atomic mass is 32.1. The number of ether oxygens (including phenoxy) is 1. The van der Waals surface area contributed by atoms with Gasteiger partial charge in [0.2, 0.25) is 0 Å². The van der Waals surface area contributed by atoms with E-state index in [-0.39, 0.29) is 5.60 Å². The molecule has 0 fully saturated rings. The maximum Gasteiger partial charge on any atom is 0.112 e. The van der Waals surface area contributed by atoms with E-state index < -0.39 is 0 Å². The van der Waals surface area contributed by atoms with Gasteiger partial charge in [-0.25, -0.2) is 0 Å². The average Bonchev–Trinajstić information content (AvgIpc) is 2.54. The molecule has 0 aromatic carbocycles. The van der Waals surface area contributed by atoms with E-state index in [1.165, 1.54) is 10.4 Å². The molecule has 2 nitrogen and oxygen atoms in total. The molecule has 1 aromatic heterocycles. The molecular weight excluding hydrogens is 170 g/mol. The minimum Gasteiger partial charge on any atom is -0.372 e. The molecule has 0 spiro atoms. The molecule has 1 aliphatic rings. The lowest BCUT2D eigenvalue weighted by Crippen LogP contribution is -2.41. The molecule has 0 radical (unpaired) electrons. The van der Waals surface area contributed by atoms with Gasteiger partial charge in [0.05, 0.1) is 0 Å². The fourth-order valence-electron chi connectivity index (χ4n) is 1.62. The third-order valence-corrected chi connectivity index (χ3v) is 3.66. The van der Waals surface area contributed by atoms with Gasteiger partial charge in [-0.15, -0.1) is 11.3 Å². The summed E-state index contributed by atoms with van der Waals surface area (Å²) in [5, 5.41) is 5.48. The third kappa shape index (κ3) is 1.09. The number of nitrogens with one attached hydrogen (secondary N) is 1. The number of rotatable bonds is 1. The predicted molar refractivity (Wildman–Crippen MR) is 50.4 cm³/mol. The largest absolute Gasteiger partial charge is 0.372 e. The van der Waals surface area contributed by atoms with E-state index in [4.69, 9.17) is 4.74 Å². The van der Waals surface area contributed by atoms with Crippen molar-refractivity contribution in [3.8, 4) is 0 Å². The Kier molecular flexibility index (Phi) is 1.94. The van der Waals surface area contributed by atoms with Crippen LogP contribution in [0.5, 0.6) is 0 Å². The number of hydrogen-bond donors (Lipinski definition) is 1. The Morgan fingerprint density at radius 1 is 1.67 bits per heavy atom. The molecule has 0 saturated heterocycles. The second-order valence-corrected chi connectivity index (χ2v) is 4.23. The molecule has 66 valence electrons. The lowest BCUT2D eigenvalue weighted by Gasteiger charge is -2.32. The molecule has 1 unspecified atom stereocenters. The van der Waals surface area contributed by atoms with Crippen LogP contribution in [0.4, 0.5) is 0 Å². The maximum atomic E-state index is 5.51. The zero-order chi connectivity index (χ0) is 8.60. The normalized spacial score (nSPS) is 28.5. The minimum atomic E-state index is -0.109. The van der Waals surface area contributed by atoms with Crippen LogP contribution in [0, 0.1) is 0 Å². The van der Waals surface area contributed by atoms with Crippen molar-refractivity contribution >= 4 is 11.3 Å². The molecule has 0 aliphatic carbocycles. The summed E-state index contributed by atoms with van der Waals surface area (Å²) in [6, 6.07) is 2.17. The van der Waals surface area contributed by atoms with E-state index in [0.717, 1.165) is 13.1 Å². The number of thiophene rings is 1. The summed E-state index contributed by atoms with van der Waals surface area (Å²) < 4.78 is 5.51. The van der Waals surface area contributed by atoms with Crippen LogP contribution < -0.4 is 5.32 Å². The summed E-state index contributed by atoms with van der Waals surface area (Å²) in [4.78, 5) is 1.38. The summed E-state index contributed by atoms with van der Waals surface area (Å²) in [6.45, 7) is 4.03. The quantitative estimate of drug-likeness (QED) is 0.715. The smallest absolute Gasteiger partial charge is 0.112 e. The number of hydrogen-bond acceptors (Lipinski definition) is 3. The van der Waals surface area contributed by atoms with Crippen molar-refractivity contribution in [3.05, 3.63) is 21.9 Å². The first kappa shape index (κ1) is 8.23. The summed E-state index contributed by atoms with van der Waals surface area (Å²) in [6.07, 6.45) is 0. The molecule has 1 aromatic rings. The Labute approximate surface area is 76.6 Å². The van der Waals surface area contributed by atoms with Crippen molar-refractivity contribution < 1.29 is 4.74 Å². The molecule has 3 heteroatoms. The van der Waals surface area contributed by atoms with Crippen molar-refractivity contribution in [1.82, 2.24) is 5.32 Å². The van der Waals surface area contributed by atoms with Crippen LogP contribution in [0.1, 0.15) is 17.4 Å². The zero-order valence-electron chi connectivity index (χ0n) is 7.39. The second-order valence-electron chi connectivity index (χ2n) is 3.31. The molecule has 2 rings (SSSR count). The van der Waals surface area contributed by atoms with Gasteiger partial charge in [0.25, 0.3) is 0 Å². The Bertz CT molecular complexity index is 284. The third-order valence-electron chi connectivity index (χ3n) is 2.46. The Balaban J connectivity index is 2.44. The van der Waals surface area contributed by atoms with E-state index in [9.17, 15) is 0 Å². The van der Waals surface area contributed by atoms with Gasteiger partial charge >= 0.3 is 0 Å². The fraction of sp³-hybridized carbons (Fsp3) is 0.556. The monoisotopic (exact) mass is 183 g/mol. The molecule has 2 heterocycles. The van der Waals surface area contributed by atoms with Gasteiger partial charge in [-0.1, -0.05) is 0 Å². The van der Waals surface area contributed by atoms with Crippen molar-refractivity contribution in [3.63, 3.8) is 0 Å². The van der Waals surface area contributed by atoms with Crippen LogP contribution in [-0.4, -0.2) is 13.7 Å². The zero-order valence-corrected chi connectivity index (χ0v) is 8.20. The van der Waals surface area contributed by atoms with Gasteiger partial charge in [0, 0.05) is 25.1 Å². The van der Waals surface area contributed by atoms with Crippen LogP contribution in [-0.2, 0) is 16.9 Å². The van der Waals surface area contributed by atoms with Gasteiger partial charge in [-0.2, -0.15) is 0 Å². The van der Waals surface area contributed by atoms with Crippen LogP contribution in [0.15, 0.2) is 11.4 Å². The minimum absolute atomic E-state index is 0.109. The molecule has 1 atom stereocenters. The predicted octanol–water partition coefficient (Wildman–Crippen LogP) is 1.71. The van der Waals surface area contributed by atoms with Gasteiger partial charge in [-0.3, -0.25) is 0 Å². The first-order chi connectivity index (χ1) is 5.76. The SMILES string of the molecule is COC1(C)CNCc2ccsc21. The standard InChI is InChI=1S/C9H13NOS/c1-9(11-2)6-10-5-7-3-4-12-8(7)9/h3-4,10H,5-6H2,1-2H3. The highest BCUT2D eigenvalue weighted by molar-refractivity contribution is 7.10. The molecular formula is C9H13NOS. The van der Waals surface area contributed by atoms with E-state index in [1.807, 2.05) is 0 Å². The van der Waals surface area contributed by atoms with Gasteiger partial charge < -0.3 is 10.1 Å². The highest BCUT2D eigenvalue weighted by Gasteiger charge is 2.32. The van der Waals surface area contributed by atoms with Gasteiger partial charge in [-0.05, 0) is 23.9 Å². The van der Waals surface area contributed by atoms with E-state index >= 15 is 0 Å². The molecule has 1 N–H and O–H groups in total. The first-order valence-corrected chi connectivity index (χ1v) is 4.97. The van der Waals surface area contributed by atoms with E-state index in [2.05, 4.69) is 23.7 Å². The molecule has 0 bridgehead atoms. The van der Waals surface area contributed by atoms with E-state index in [1.54, 1.807) is 18.4 Å². The van der Waals surface area contributed by atoms with Crippen molar-refractivity contribution in [2.45, 2.75) is 19.1 Å². The van der Waals surface area contributed by atoms with E-state index in [0.29, 0.717) is 0 Å². The second kappa shape index (κ2) is 2.83. The van der Waals surface area contributed by atoms with Crippen molar-refractivity contribution in [2.24, 2.45) is 0 Å². The number of methoxy groups -OCH3 is 1. The lowest BCUT2D eigenvalue weighted by atomic mass is 9.97. The van der Waals surface area contributed by atoms with Crippen LogP contribution in [0.25, 0.3) is 0 Å².